The Bertz CT molecular complexity index is 760. The zero-order chi connectivity index (χ0) is 20.5. The number of rotatable bonds is 9. The molecule has 0 aliphatic rings. The largest absolute Gasteiger partial charge is 0.354 e. The van der Waals surface area contributed by atoms with E-state index in [1.165, 1.54) is 12.1 Å². The van der Waals surface area contributed by atoms with Gasteiger partial charge in [0.1, 0.15) is 11.9 Å². The van der Waals surface area contributed by atoms with Crippen LogP contribution in [-0.4, -0.2) is 29.3 Å². The van der Waals surface area contributed by atoms with Crippen LogP contribution < -0.4 is 5.32 Å². The molecule has 0 aliphatic carbocycles. The average molecular weight is 384 g/mol. The minimum atomic E-state index is -0.605. The highest BCUT2D eigenvalue weighted by molar-refractivity contribution is 5.87. The molecule has 1 atom stereocenters. The zero-order valence-corrected chi connectivity index (χ0v) is 16.8. The van der Waals surface area contributed by atoms with Gasteiger partial charge in [0.15, 0.2) is 0 Å². The first-order chi connectivity index (χ1) is 13.4. The van der Waals surface area contributed by atoms with Crippen molar-refractivity contribution >= 4 is 11.8 Å². The van der Waals surface area contributed by atoms with E-state index in [4.69, 9.17) is 0 Å². The molecule has 2 aromatic rings. The molecular weight excluding hydrogens is 355 g/mol. The highest BCUT2D eigenvalue weighted by atomic mass is 19.1. The van der Waals surface area contributed by atoms with Crippen molar-refractivity contribution in [3.8, 4) is 0 Å². The first-order valence-corrected chi connectivity index (χ1v) is 9.72. The van der Waals surface area contributed by atoms with Gasteiger partial charge in [-0.2, -0.15) is 0 Å². The second-order valence-electron chi connectivity index (χ2n) is 7.45. The SMILES string of the molecule is CC(C)CNC(=O)C(C)N(Cc1ccc(F)cc1)C(=O)CCc1ccccc1. The van der Waals surface area contributed by atoms with Gasteiger partial charge in [-0.15, -0.1) is 0 Å². The number of benzene rings is 2. The van der Waals surface area contributed by atoms with Gasteiger partial charge in [0, 0.05) is 19.5 Å². The minimum Gasteiger partial charge on any atom is -0.354 e. The molecule has 2 amide bonds. The molecule has 0 bridgehead atoms. The van der Waals surface area contributed by atoms with Crippen molar-refractivity contribution in [2.24, 2.45) is 5.92 Å². The predicted octanol–water partition coefficient (Wildman–Crippen LogP) is 3.95. The van der Waals surface area contributed by atoms with Crippen LogP contribution in [0.4, 0.5) is 4.39 Å². The summed E-state index contributed by atoms with van der Waals surface area (Å²) in [5, 5.41) is 2.89. The number of carbonyl (C=O) groups excluding carboxylic acids is 2. The van der Waals surface area contributed by atoms with Gasteiger partial charge >= 0.3 is 0 Å². The second kappa shape index (κ2) is 10.6. The highest BCUT2D eigenvalue weighted by Gasteiger charge is 2.25. The van der Waals surface area contributed by atoms with Gasteiger partial charge in [0.25, 0.3) is 0 Å². The molecule has 0 aromatic heterocycles. The summed E-state index contributed by atoms with van der Waals surface area (Å²) in [6.45, 7) is 6.61. The molecular formula is C23H29FN2O2. The summed E-state index contributed by atoms with van der Waals surface area (Å²) in [5.74, 6) is -0.270. The fraction of sp³-hybridized carbons (Fsp3) is 0.391. The molecule has 150 valence electrons. The summed E-state index contributed by atoms with van der Waals surface area (Å²) in [5.41, 5.74) is 1.87. The van der Waals surface area contributed by atoms with Crippen molar-refractivity contribution in [2.75, 3.05) is 6.54 Å². The summed E-state index contributed by atoms with van der Waals surface area (Å²) >= 11 is 0. The van der Waals surface area contributed by atoms with Gasteiger partial charge in [-0.25, -0.2) is 4.39 Å². The molecule has 2 rings (SSSR count). The molecule has 28 heavy (non-hydrogen) atoms. The van der Waals surface area contributed by atoms with Crippen LogP contribution in [0.5, 0.6) is 0 Å². The number of halogens is 1. The predicted molar refractivity (Wildman–Crippen MR) is 109 cm³/mol. The Morgan fingerprint density at radius 2 is 1.61 bits per heavy atom. The van der Waals surface area contributed by atoms with Gasteiger partial charge < -0.3 is 10.2 Å². The van der Waals surface area contributed by atoms with Gasteiger partial charge in [-0.1, -0.05) is 56.3 Å². The first-order valence-electron chi connectivity index (χ1n) is 9.72. The van der Waals surface area contributed by atoms with Crippen LogP contribution >= 0.6 is 0 Å². The first kappa shape index (κ1) is 21.6. The van der Waals surface area contributed by atoms with E-state index >= 15 is 0 Å². The maximum Gasteiger partial charge on any atom is 0.242 e. The van der Waals surface area contributed by atoms with E-state index in [0.29, 0.717) is 25.3 Å². The quantitative estimate of drug-likeness (QED) is 0.712. The number of nitrogens with one attached hydrogen (secondary N) is 1. The molecule has 2 aromatic carbocycles. The van der Waals surface area contributed by atoms with Crippen molar-refractivity contribution in [3.63, 3.8) is 0 Å². The summed E-state index contributed by atoms with van der Waals surface area (Å²) in [6.07, 6.45) is 0.924. The fourth-order valence-corrected chi connectivity index (χ4v) is 2.86. The van der Waals surface area contributed by atoms with Crippen LogP contribution in [-0.2, 0) is 22.6 Å². The van der Waals surface area contributed by atoms with Gasteiger partial charge in [0.05, 0.1) is 0 Å². The summed E-state index contributed by atoms with van der Waals surface area (Å²) in [7, 11) is 0. The van der Waals surface area contributed by atoms with Crippen LogP contribution in [0.25, 0.3) is 0 Å². The Morgan fingerprint density at radius 1 is 0.964 bits per heavy atom. The van der Waals surface area contributed by atoms with Crippen LogP contribution in [0, 0.1) is 11.7 Å². The number of amides is 2. The Hall–Kier alpha value is -2.69. The van der Waals surface area contributed by atoms with E-state index in [1.807, 2.05) is 44.2 Å². The van der Waals surface area contributed by atoms with E-state index < -0.39 is 6.04 Å². The third kappa shape index (κ3) is 6.80. The van der Waals surface area contributed by atoms with Crippen molar-refractivity contribution in [1.29, 1.82) is 0 Å². The molecule has 0 saturated heterocycles. The van der Waals surface area contributed by atoms with Crippen molar-refractivity contribution in [3.05, 3.63) is 71.5 Å². The Labute approximate surface area is 166 Å². The third-order valence-electron chi connectivity index (χ3n) is 4.59. The van der Waals surface area contributed by atoms with E-state index in [-0.39, 0.29) is 24.2 Å². The standard InChI is InChI=1S/C23H29FN2O2/c1-17(2)15-25-23(28)18(3)26(16-20-9-12-21(24)13-10-20)22(27)14-11-19-7-5-4-6-8-19/h4-10,12-13,17-18H,11,14-16H2,1-3H3,(H,25,28). The van der Waals surface area contributed by atoms with E-state index in [1.54, 1.807) is 24.0 Å². The molecule has 0 fully saturated rings. The van der Waals surface area contributed by atoms with E-state index in [9.17, 15) is 14.0 Å². The molecule has 0 aliphatic heterocycles. The lowest BCUT2D eigenvalue weighted by Crippen LogP contribution is -2.48. The van der Waals surface area contributed by atoms with Gasteiger partial charge in [0.2, 0.25) is 11.8 Å². The topological polar surface area (TPSA) is 49.4 Å². The fourth-order valence-electron chi connectivity index (χ4n) is 2.86. The number of nitrogens with zero attached hydrogens (tertiary/aromatic N) is 1. The van der Waals surface area contributed by atoms with Crippen LogP contribution in [0.15, 0.2) is 54.6 Å². The number of hydrogen-bond donors (Lipinski definition) is 1. The van der Waals surface area contributed by atoms with Crippen molar-refractivity contribution < 1.29 is 14.0 Å². The maximum atomic E-state index is 13.2. The zero-order valence-electron chi connectivity index (χ0n) is 16.8. The van der Waals surface area contributed by atoms with E-state index in [0.717, 1.165) is 11.1 Å². The van der Waals surface area contributed by atoms with Gasteiger partial charge in [-0.05, 0) is 42.5 Å². The van der Waals surface area contributed by atoms with Crippen LogP contribution in [0.3, 0.4) is 0 Å². The molecule has 0 saturated carbocycles. The molecule has 0 heterocycles. The third-order valence-corrected chi connectivity index (χ3v) is 4.59. The van der Waals surface area contributed by atoms with Crippen molar-refractivity contribution in [1.82, 2.24) is 10.2 Å². The van der Waals surface area contributed by atoms with E-state index in [2.05, 4.69) is 5.32 Å². The highest BCUT2D eigenvalue weighted by Crippen LogP contribution is 2.14. The summed E-state index contributed by atoms with van der Waals surface area (Å²) < 4.78 is 13.2. The van der Waals surface area contributed by atoms with Crippen molar-refractivity contribution in [2.45, 2.75) is 46.2 Å². The molecule has 5 heteroatoms. The Kier molecular flexibility index (Phi) is 8.18. The lowest BCUT2D eigenvalue weighted by molar-refractivity contribution is -0.140. The summed E-state index contributed by atoms with van der Waals surface area (Å²) in [6, 6.07) is 15.2. The Balaban J connectivity index is 2.10. The lowest BCUT2D eigenvalue weighted by atomic mass is 10.1. The lowest BCUT2D eigenvalue weighted by Gasteiger charge is -2.29. The smallest absolute Gasteiger partial charge is 0.242 e. The van der Waals surface area contributed by atoms with Crippen LogP contribution in [0.2, 0.25) is 0 Å². The molecule has 0 spiro atoms. The maximum absolute atomic E-state index is 13.2. The molecule has 1 unspecified atom stereocenters. The molecule has 0 radical (unpaired) electrons. The number of hydrogen-bond acceptors (Lipinski definition) is 2. The second-order valence-corrected chi connectivity index (χ2v) is 7.45. The minimum absolute atomic E-state index is 0.0969. The normalized spacial score (nSPS) is 11.9. The number of aryl methyl sites for hydroxylation is 1. The molecule has 1 N–H and O–H groups in total. The monoisotopic (exact) mass is 384 g/mol. The van der Waals surface area contributed by atoms with Gasteiger partial charge in [-0.3, -0.25) is 9.59 Å². The average Bonchev–Trinajstić information content (AvgIpc) is 2.70. The Morgan fingerprint density at radius 3 is 2.21 bits per heavy atom. The number of carbonyl (C=O) groups is 2. The van der Waals surface area contributed by atoms with Crippen LogP contribution in [0.1, 0.15) is 38.3 Å². The summed E-state index contributed by atoms with van der Waals surface area (Å²) in [4.78, 5) is 27.1. The molecule has 4 nitrogen and oxygen atoms in total.